The van der Waals surface area contributed by atoms with Crippen LogP contribution in [0.4, 0.5) is 0 Å². The van der Waals surface area contributed by atoms with Gasteiger partial charge in [-0.2, -0.15) is 0 Å². The van der Waals surface area contributed by atoms with E-state index in [1.54, 1.807) is 18.2 Å². The van der Waals surface area contributed by atoms with Gasteiger partial charge in [0.25, 0.3) is 0 Å². The van der Waals surface area contributed by atoms with Crippen LogP contribution in [0.5, 0.6) is 0 Å². The van der Waals surface area contributed by atoms with Gasteiger partial charge in [-0.1, -0.05) is 23.2 Å². The van der Waals surface area contributed by atoms with Crippen molar-refractivity contribution in [2.24, 2.45) is 5.92 Å². The molecule has 1 heterocycles. The van der Waals surface area contributed by atoms with E-state index >= 15 is 0 Å². The number of ketones is 1. The molecule has 1 aliphatic heterocycles. The highest BCUT2D eigenvalue weighted by atomic mass is 35.5. The molecule has 0 aliphatic carbocycles. The Morgan fingerprint density at radius 3 is 3.00 bits per heavy atom. The van der Waals surface area contributed by atoms with Crippen LogP contribution in [0.1, 0.15) is 23.2 Å². The Kier molecular flexibility index (Phi) is 5.85. The average molecular weight is 315 g/mol. The highest BCUT2D eigenvalue weighted by molar-refractivity contribution is 6.36. The summed E-state index contributed by atoms with van der Waals surface area (Å²) in [7, 11) is 1.97. The molecule has 1 saturated heterocycles. The summed E-state index contributed by atoms with van der Waals surface area (Å²) in [4.78, 5) is 14.6. The van der Waals surface area contributed by atoms with Crippen molar-refractivity contribution in [1.82, 2.24) is 10.2 Å². The Morgan fingerprint density at radius 2 is 2.25 bits per heavy atom. The molecular weight excluding hydrogens is 295 g/mol. The number of hydrogen-bond donors (Lipinski definition) is 1. The molecule has 1 aliphatic rings. The van der Waals surface area contributed by atoms with E-state index in [0.717, 1.165) is 26.1 Å². The molecule has 1 N–H and O–H groups in total. The number of carbonyl (C=O) groups excluding carboxylic acids is 1. The molecule has 1 atom stereocenters. The Bertz CT molecular complexity index is 477. The van der Waals surface area contributed by atoms with E-state index < -0.39 is 0 Å². The molecule has 0 bridgehead atoms. The largest absolute Gasteiger partial charge is 0.319 e. The Hall–Kier alpha value is -0.610. The number of benzene rings is 1. The van der Waals surface area contributed by atoms with Crippen LogP contribution < -0.4 is 5.32 Å². The Morgan fingerprint density at radius 1 is 1.45 bits per heavy atom. The summed E-state index contributed by atoms with van der Waals surface area (Å²) in [5.74, 6) is 0.666. The first-order valence-electron chi connectivity index (χ1n) is 6.95. The van der Waals surface area contributed by atoms with E-state index in [1.807, 2.05) is 7.05 Å². The molecule has 110 valence electrons. The zero-order valence-electron chi connectivity index (χ0n) is 11.7. The van der Waals surface area contributed by atoms with E-state index in [1.165, 1.54) is 6.42 Å². The van der Waals surface area contributed by atoms with Gasteiger partial charge in [-0.05, 0) is 57.1 Å². The van der Waals surface area contributed by atoms with Crippen molar-refractivity contribution < 1.29 is 4.79 Å². The van der Waals surface area contributed by atoms with Crippen LogP contribution in [0.3, 0.4) is 0 Å². The van der Waals surface area contributed by atoms with Crippen LogP contribution in [-0.2, 0) is 0 Å². The topological polar surface area (TPSA) is 32.3 Å². The molecule has 2 rings (SSSR count). The highest BCUT2D eigenvalue weighted by Gasteiger charge is 2.22. The fraction of sp³-hybridized carbons (Fsp3) is 0.533. The molecule has 0 spiro atoms. The number of piperidine rings is 1. The van der Waals surface area contributed by atoms with E-state index in [9.17, 15) is 4.79 Å². The quantitative estimate of drug-likeness (QED) is 0.848. The van der Waals surface area contributed by atoms with Gasteiger partial charge >= 0.3 is 0 Å². The molecule has 5 heteroatoms. The van der Waals surface area contributed by atoms with Gasteiger partial charge in [0.05, 0.1) is 11.6 Å². The predicted octanol–water partition coefficient (Wildman–Crippen LogP) is 3.11. The second kappa shape index (κ2) is 7.41. The summed E-state index contributed by atoms with van der Waals surface area (Å²) in [6.45, 7) is 3.36. The lowest BCUT2D eigenvalue weighted by Crippen LogP contribution is -2.41. The van der Waals surface area contributed by atoms with Gasteiger partial charge in [0, 0.05) is 17.1 Å². The zero-order valence-corrected chi connectivity index (χ0v) is 13.2. The number of nitrogens with zero attached hydrogens (tertiary/aromatic N) is 1. The van der Waals surface area contributed by atoms with Crippen molar-refractivity contribution in [1.29, 1.82) is 0 Å². The van der Waals surface area contributed by atoms with E-state index in [2.05, 4.69) is 10.2 Å². The maximum Gasteiger partial charge on any atom is 0.178 e. The first-order chi connectivity index (χ1) is 9.60. The average Bonchev–Trinajstić information content (AvgIpc) is 2.42. The monoisotopic (exact) mass is 314 g/mol. The fourth-order valence-corrected chi connectivity index (χ4v) is 3.14. The number of carbonyl (C=O) groups is 1. The maximum atomic E-state index is 12.4. The number of Topliss-reactive ketones (excluding diaryl/α,β-unsaturated/α-hetero) is 1. The first-order valence-corrected chi connectivity index (χ1v) is 7.71. The third-order valence-electron chi connectivity index (χ3n) is 3.69. The number of rotatable bonds is 5. The molecule has 1 unspecified atom stereocenters. The van der Waals surface area contributed by atoms with Crippen LogP contribution in [-0.4, -0.2) is 43.9 Å². The molecule has 0 radical (unpaired) electrons. The van der Waals surface area contributed by atoms with Gasteiger partial charge in [0.2, 0.25) is 0 Å². The van der Waals surface area contributed by atoms with Crippen LogP contribution in [0.15, 0.2) is 18.2 Å². The molecule has 1 aromatic rings. The molecule has 1 fully saturated rings. The van der Waals surface area contributed by atoms with Crippen LogP contribution >= 0.6 is 23.2 Å². The SMILES string of the molecule is CNCC1CCCN(CC(=O)c2cc(Cl)ccc2Cl)C1. The second-order valence-electron chi connectivity index (χ2n) is 5.35. The minimum atomic E-state index is 0.0441. The lowest BCUT2D eigenvalue weighted by Gasteiger charge is -2.32. The molecule has 0 saturated carbocycles. The standard InChI is InChI=1S/C15H20Cl2N2O/c1-18-8-11-3-2-6-19(9-11)10-15(20)13-7-12(16)4-5-14(13)17/h4-5,7,11,18H,2-3,6,8-10H2,1H3. The summed E-state index contributed by atoms with van der Waals surface area (Å²) in [5.41, 5.74) is 0.523. The molecule has 3 nitrogen and oxygen atoms in total. The summed E-state index contributed by atoms with van der Waals surface area (Å²) in [6.07, 6.45) is 2.37. The number of nitrogens with one attached hydrogen (secondary N) is 1. The molecule has 0 amide bonds. The van der Waals surface area contributed by atoms with Gasteiger partial charge < -0.3 is 5.32 Å². The minimum Gasteiger partial charge on any atom is -0.319 e. The van der Waals surface area contributed by atoms with Crippen molar-refractivity contribution >= 4 is 29.0 Å². The summed E-state index contributed by atoms with van der Waals surface area (Å²) >= 11 is 12.0. The lowest BCUT2D eigenvalue weighted by molar-refractivity contribution is 0.0887. The Labute approximate surface area is 130 Å². The summed E-state index contributed by atoms with van der Waals surface area (Å²) in [6, 6.07) is 5.03. The van der Waals surface area contributed by atoms with Crippen molar-refractivity contribution in [3.63, 3.8) is 0 Å². The van der Waals surface area contributed by atoms with E-state index in [-0.39, 0.29) is 5.78 Å². The molecule has 0 aromatic heterocycles. The maximum absolute atomic E-state index is 12.4. The van der Waals surface area contributed by atoms with Gasteiger partial charge in [0.15, 0.2) is 5.78 Å². The third kappa shape index (κ3) is 4.19. The van der Waals surface area contributed by atoms with Gasteiger partial charge in [-0.25, -0.2) is 0 Å². The van der Waals surface area contributed by atoms with Crippen LogP contribution in [0.25, 0.3) is 0 Å². The summed E-state index contributed by atoms with van der Waals surface area (Å²) in [5, 5.41) is 4.23. The van der Waals surface area contributed by atoms with Gasteiger partial charge in [-0.3, -0.25) is 9.69 Å². The smallest absolute Gasteiger partial charge is 0.178 e. The highest BCUT2D eigenvalue weighted by Crippen LogP contribution is 2.22. The zero-order chi connectivity index (χ0) is 14.5. The van der Waals surface area contributed by atoms with Crippen molar-refractivity contribution in [3.8, 4) is 0 Å². The second-order valence-corrected chi connectivity index (χ2v) is 6.19. The molecule has 1 aromatic carbocycles. The molecular formula is C15H20Cl2N2O. The van der Waals surface area contributed by atoms with Crippen molar-refractivity contribution in [2.75, 3.05) is 33.2 Å². The van der Waals surface area contributed by atoms with Gasteiger partial charge in [-0.15, -0.1) is 0 Å². The summed E-state index contributed by atoms with van der Waals surface area (Å²) < 4.78 is 0. The number of halogens is 2. The van der Waals surface area contributed by atoms with Crippen LogP contribution in [0, 0.1) is 5.92 Å². The van der Waals surface area contributed by atoms with Crippen molar-refractivity contribution in [3.05, 3.63) is 33.8 Å². The van der Waals surface area contributed by atoms with Crippen molar-refractivity contribution in [2.45, 2.75) is 12.8 Å². The lowest BCUT2D eigenvalue weighted by atomic mass is 9.97. The predicted molar refractivity (Wildman–Crippen MR) is 83.9 cm³/mol. The van der Waals surface area contributed by atoms with E-state index in [0.29, 0.717) is 28.1 Å². The van der Waals surface area contributed by atoms with Crippen LogP contribution in [0.2, 0.25) is 10.0 Å². The van der Waals surface area contributed by atoms with Gasteiger partial charge in [0.1, 0.15) is 0 Å². The Balaban J connectivity index is 1.98. The fourth-order valence-electron chi connectivity index (χ4n) is 2.75. The molecule has 20 heavy (non-hydrogen) atoms. The normalized spacial score (nSPS) is 20.1. The van der Waals surface area contributed by atoms with E-state index in [4.69, 9.17) is 23.2 Å². The minimum absolute atomic E-state index is 0.0441. The third-order valence-corrected chi connectivity index (χ3v) is 4.26. The number of likely N-dealkylation sites (tertiary alicyclic amines) is 1. The first kappa shape index (κ1) is 15.8. The number of hydrogen-bond acceptors (Lipinski definition) is 3.